The van der Waals surface area contributed by atoms with Gasteiger partial charge in [0, 0.05) is 11.3 Å². The Morgan fingerprint density at radius 3 is 3.00 bits per heavy atom. The van der Waals surface area contributed by atoms with Crippen molar-refractivity contribution in [3.63, 3.8) is 0 Å². The molecule has 0 unspecified atom stereocenters. The number of carbonyl (C=O) groups is 2. The molecule has 0 saturated heterocycles. The SMILES string of the molecule is O=C(C[C@@H]1Sc2ccccc2NC1=O)NO. The Labute approximate surface area is 96.2 Å². The van der Waals surface area contributed by atoms with Gasteiger partial charge < -0.3 is 5.32 Å². The van der Waals surface area contributed by atoms with Crippen LogP contribution in [0.5, 0.6) is 0 Å². The molecule has 0 bridgehead atoms. The van der Waals surface area contributed by atoms with Crippen LogP contribution in [0.3, 0.4) is 0 Å². The summed E-state index contributed by atoms with van der Waals surface area (Å²) in [5.74, 6) is -0.778. The van der Waals surface area contributed by atoms with E-state index in [1.165, 1.54) is 17.2 Å². The first-order valence-corrected chi connectivity index (χ1v) is 5.58. The Balaban J connectivity index is 2.15. The fourth-order valence-corrected chi connectivity index (χ4v) is 2.55. The molecule has 0 aliphatic carbocycles. The minimum Gasteiger partial charge on any atom is -0.324 e. The summed E-state index contributed by atoms with van der Waals surface area (Å²) in [7, 11) is 0. The van der Waals surface area contributed by atoms with Crippen LogP contribution in [0.2, 0.25) is 0 Å². The number of para-hydroxylation sites is 1. The van der Waals surface area contributed by atoms with Crippen LogP contribution in [-0.2, 0) is 9.59 Å². The van der Waals surface area contributed by atoms with Crippen LogP contribution in [0, 0.1) is 0 Å². The Hall–Kier alpha value is -1.53. The van der Waals surface area contributed by atoms with Crippen molar-refractivity contribution in [2.24, 2.45) is 0 Å². The summed E-state index contributed by atoms with van der Waals surface area (Å²) in [4.78, 5) is 23.5. The summed E-state index contributed by atoms with van der Waals surface area (Å²) < 4.78 is 0. The Morgan fingerprint density at radius 1 is 1.50 bits per heavy atom. The standard InChI is InChI=1S/C10H10N2O3S/c13-9(12-15)5-8-10(14)11-6-3-1-2-4-7(6)16-8/h1-4,8,15H,5H2,(H,11,14)(H,12,13)/t8-/m0/s1. The molecule has 0 saturated carbocycles. The molecule has 0 radical (unpaired) electrons. The van der Waals surface area contributed by atoms with Crippen LogP contribution < -0.4 is 10.8 Å². The number of amides is 2. The van der Waals surface area contributed by atoms with Crippen LogP contribution >= 0.6 is 11.8 Å². The van der Waals surface area contributed by atoms with Crippen molar-refractivity contribution >= 4 is 29.3 Å². The largest absolute Gasteiger partial charge is 0.324 e. The molecule has 2 amide bonds. The molecule has 1 aliphatic heterocycles. The predicted molar refractivity (Wildman–Crippen MR) is 59.3 cm³/mol. The van der Waals surface area contributed by atoms with Gasteiger partial charge in [-0.05, 0) is 12.1 Å². The van der Waals surface area contributed by atoms with Gasteiger partial charge >= 0.3 is 0 Å². The van der Waals surface area contributed by atoms with Gasteiger partial charge in [0.15, 0.2) is 0 Å². The van der Waals surface area contributed by atoms with E-state index in [1.54, 1.807) is 0 Å². The van der Waals surface area contributed by atoms with E-state index in [1.807, 2.05) is 24.3 Å². The van der Waals surface area contributed by atoms with E-state index < -0.39 is 11.2 Å². The zero-order valence-electron chi connectivity index (χ0n) is 8.27. The molecular weight excluding hydrogens is 228 g/mol. The highest BCUT2D eigenvalue weighted by Gasteiger charge is 2.28. The highest BCUT2D eigenvalue weighted by Crippen LogP contribution is 2.36. The number of hydrogen-bond donors (Lipinski definition) is 3. The average molecular weight is 238 g/mol. The molecule has 0 spiro atoms. The van der Waals surface area contributed by atoms with Gasteiger partial charge in [0.2, 0.25) is 11.8 Å². The third kappa shape index (κ3) is 2.17. The molecule has 0 fully saturated rings. The van der Waals surface area contributed by atoms with Crippen molar-refractivity contribution < 1.29 is 14.8 Å². The van der Waals surface area contributed by atoms with Gasteiger partial charge in [0.25, 0.3) is 0 Å². The number of hydroxylamine groups is 1. The van der Waals surface area contributed by atoms with Crippen molar-refractivity contribution in [3.05, 3.63) is 24.3 Å². The van der Waals surface area contributed by atoms with Gasteiger partial charge in [-0.3, -0.25) is 14.8 Å². The second-order valence-corrected chi connectivity index (χ2v) is 4.58. The third-order valence-electron chi connectivity index (χ3n) is 2.20. The zero-order chi connectivity index (χ0) is 11.5. The van der Waals surface area contributed by atoms with Crippen molar-refractivity contribution in [3.8, 4) is 0 Å². The third-order valence-corrected chi connectivity index (χ3v) is 3.48. The fraction of sp³-hybridized carbons (Fsp3) is 0.200. The topological polar surface area (TPSA) is 78.4 Å². The fourth-order valence-electron chi connectivity index (χ4n) is 1.44. The monoisotopic (exact) mass is 238 g/mol. The van der Waals surface area contributed by atoms with Crippen molar-refractivity contribution in [2.45, 2.75) is 16.6 Å². The number of anilines is 1. The smallest absolute Gasteiger partial charge is 0.244 e. The van der Waals surface area contributed by atoms with E-state index in [0.717, 1.165) is 10.6 Å². The number of fused-ring (bicyclic) bond motifs is 1. The van der Waals surface area contributed by atoms with Crippen molar-refractivity contribution in [2.75, 3.05) is 5.32 Å². The minimum atomic E-state index is -0.563. The van der Waals surface area contributed by atoms with Gasteiger partial charge in [-0.15, -0.1) is 11.8 Å². The summed E-state index contributed by atoms with van der Waals surface area (Å²) in [5.41, 5.74) is 2.29. The van der Waals surface area contributed by atoms with Gasteiger partial charge in [-0.2, -0.15) is 0 Å². The summed E-state index contributed by atoms with van der Waals surface area (Å²) in [6, 6.07) is 7.39. The first kappa shape index (κ1) is 11.0. The second-order valence-electron chi connectivity index (χ2n) is 3.33. The summed E-state index contributed by atoms with van der Waals surface area (Å²) >= 11 is 1.32. The summed E-state index contributed by atoms with van der Waals surface area (Å²) in [5, 5.41) is 10.6. The number of thioether (sulfide) groups is 1. The first-order valence-electron chi connectivity index (χ1n) is 4.70. The van der Waals surface area contributed by atoms with E-state index in [4.69, 9.17) is 5.21 Å². The van der Waals surface area contributed by atoms with Gasteiger partial charge in [0.1, 0.15) is 0 Å². The molecule has 1 aliphatic rings. The van der Waals surface area contributed by atoms with Crippen molar-refractivity contribution in [1.82, 2.24) is 5.48 Å². The molecule has 1 aromatic rings. The van der Waals surface area contributed by atoms with Gasteiger partial charge in [0.05, 0.1) is 10.9 Å². The molecule has 84 valence electrons. The lowest BCUT2D eigenvalue weighted by Gasteiger charge is -2.23. The van der Waals surface area contributed by atoms with E-state index in [2.05, 4.69) is 5.32 Å². The van der Waals surface area contributed by atoms with Crippen LogP contribution in [0.25, 0.3) is 0 Å². The molecular formula is C10H10N2O3S. The number of carbonyl (C=O) groups excluding carboxylic acids is 2. The van der Waals surface area contributed by atoms with Crippen LogP contribution in [0.4, 0.5) is 5.69 Å². The number of rotatable bonds is 2. The molecule has 2 rings (SSSR count). The molecule has 6 heteroatoms. The van der Waals surface area contributed by atoms with E-state index in [-0.39, 0.29) is 12.3 Å². The number of nitrogens with one attached hydrogen (secondary N) is 2. The summed E-state index contributed by atoms with van der Waals surface area (Å²) in [6.07, 6.45) is -0.0403. The average Bonchev–Trinajstić information content (AvgIpc) is 2.30. The lowest BCUT2D eigenvalue weighted by atomic mass is 10.2. The zero-order valence-corrected chi connectivity index (χ0v) is 9.08. The van der Waals surface area contributed by atoms with Crippen LogP contribution in [-0.4, -0.2) is 22.3 Å². The number of benzene rings is 1. The van der Waals surface area contributed by atoms with Gasteiger partial charge in [-0.1, -0.05) is 12.1 Å². The Kier molecular flexibility index (Phi) is 3.12. The lowest BCUT2D eigenvalue weighted by molar-refractivity contribution is -0.130. The second kappa shape index (κ2) is 4.54. The molecule has 0 aromatic heterocycles. The quantitative estimate of drug-likeness (QED) is 0.530. The number of hydrogen-bond acceptors (Lipinski definition) is 4. The highest BCUT2D eigenvalue weighted by atomic mass is 32.2. The normalized spacial score (nSPS) is 18.6. The van der Waals surface area contributed by atoms with E-state index in [9.17, 15) is 9.59 Å². The molecule has 3 N–H and O–H groups in total. The predicted octanol–water partition coefficient (Wildman–Crippen LogP) is 0.995. The van der Waals surface area contributed by atoms with Gasteiger partial charge in [-0.25, -0.2) is 5.48 Å². The van der Waals surface area contributed by atoms with Crippen molar-refractivity contribution in [1.29, 1.82) is 0 Å². The van der Waals surface area contributed by atoms with Crippen LogP contribution in [0.1, 0.15) is 6.42 Å². The Morgan fingerprint density at radius 2 is 2.25 bits per heavy atom. The molecule has 1 atom stereocenters. The van der Waals surface area contributed by atoms with Crippen LogP contribution in [0.15, 0.2) is 29.2 Å². The first-order chi connectivity index (χ1) is 7.70. The molecule has 16 heavy (non-hydrogen) atoms. The summed E-state index contributed by atoms with van der Waals surface area (Å²) in [6.45, 7) is 0. The minimum absolute atomic E-state index is 0.0403. The molecule has 1 heterocycles. The maximum atomic E-state index is 11.6. The maximum absolute atomic E-state index is 11.6. The maximum Gasteiger partial charge on any atom is 0.244 e. The lowest BCUT2D eigenvalue weighted by Crippen LogP contribution is -2.33. The highest BCUT2D eigenvalue weighted by molar-refractivity contribution is 8.01. The molecule has 5 nitrogen and oxygen atoms in total. The molecule has 1 aromatic carbocycles. The van der Waals surface area contributed by atoms with E-state index in [0.29, 0.717) is 0 Å². The van der Waals surface area contributed by atoms with E-state index >= 15 is 0 Å². The Bertz CT molecular complexity index is 436.